The zero-order valence-corrected chi connectivity index (χ0v) is 12.0. The zero-order chi connectivity index (χ0) is 14.1. The van der Waals surface area contributed by atoms with Crippen molar-refractivity contribution in [3.8, 4) is 0 Å². The topological polar surface area (TPSA) is 68.9 Å². The van der Waals surface area contributed by atoms with E-state index in [1.165, 1.54) is 0 Å². The molecular formula is C13H20ClN3O2. The smallest absolute Gasteiger partial charge is 0.188 e. The minimum atomic E-state index is -0.212. The predicted octanol–water partition coefficient (Wildman–Crippen LogP) is 1.58. The molecule has 0 fully saturated rings. The number of hydrogen-bond donors (Lipinski definition) is 2. The number of halogens is 1. The number of hydrogen-bond acceptors (Lipinski definition) is 3. The first-order valence-electron chi connectivity index (χ1n) is 5.99. The molecule has 5 nitrogen and oxygen atoms in total. The van der Waals surface area contributed by atoms with Crippen molar-refractivity contribution in [3.05, 3.63) is 34.9 Å². The Labute approximate surface area is 118 Å². The van der Waals surface area contributed by atoms with Gasteiger partial charge in [-0.3, -0.25) is 4.99 Å². The molecule has 0 spiro atoms. The van der Waals surface area contributed by atoms with Crippen molar-refractivity contribution in [3.63, 3.8) is 0 Å². The zero-order valence-electron chi connectivity index (χ0n) is 11.2. The molecule has 0 saturated heterocycles. The maximum absolute atomic E-state index is 6.12. The second-order valence-electron chi connectivity index (χ2n) is 3.89. The number of nitrogens with one attached hydrogen (secondary N) is 1. The number of nitrogens with zero attached hydrogens (tertiary/aromatic N) is 1. The van der Waals surface area contributed by atoms with Gasteiger partial charge in [0, 0.05) is 31.4 Å². The number of rotatable bonds is 7. The molecule has 1 unspecified atom stereocenters. The maximum Gasteiger partial charge on any atom is 0.188 e. The number of benzene rings is 1. The molecule has 6 heteroatoms. The summed E-state index contributed by atoms with van der Waals surface area (Å²) < 4.78 is 10.3. The monoisotopic (exact) mass is 285 g/mol. The highest BCUT2D eigenvalue weighted by Crippen LogP contribution is 2.24. The largest absolute Gasteiger partial charge is 0.383 e. The van der Waals surface area contributed by atoms with Crippen LogP contribution in [0.2, 0.25) is 5.02 Å². The van der Waals surface area contributed by atoms with E-state index in [0.29, 0.717) is 30.7 Å². The van der Waals surface area contributed by atoms with E-state index >= 15 is 0 Å². The van der Waals surface area contributed by atoms with Gasteiger partial charge in [0.05, 0.1) is 13.2 Å². The summed E-state index contributed by atoms with van der Waals surface area (Å²) in [5, 5.41) is 3.61. The van der Waals surface area contributed by atoms with Gasteiger partial charge in [-0.25, -0.2) is 0 Å². The van der Waals surface area contributed by atoms with Crippen LogP contribution in [0.25, 0.3) is 0 Å². The molecule has 1 aromatic carbocycles. The molecule has 1 atom stereocenters. The van der Waals surface area contributed by atoms with Crippen molar-refractivity contribution >= 4 is 17.6 Å². The van der Waals surface area contributed by atoms with Crippen molar-refractivity contribution in [1.82, 2.24) is 5.32 Å². The molecule has 3 N–H and O–H groups in total. The highest BCUT2D eigenvalue weighted by Gasteiger charge is 2.13. The van der Waals surface area contributed by atoms with E-state index in [4.69, 9.17) is 26.8 Å². The van der Waals surface area contributed by atoms with Crippen LogP contribution in [-0.4, -0.2) is 39.9 Å². The van der Waals surface area contributed by atoms with Gasteiger partial charge in [-0.1, -0.05) is 29.8 Å². The number of aliphatic imine (C=N–C) groups is 1. The van der Waals surface area contributed by atoms with Crippen LogP contribution in [0.4, 0.5) is 0 Å². The van der Waals surface area contributed by atoms with Crippen molar-refractivity contribution in [2.45, 2.75) is 6.10 Å². The molecule has 0 bridgehead atoms. The van der Waals surface area contributed by atoms with Crippen LogP contribution in [-0.2, 0) is 9.47 Å². The summed E-state index contributed by atoms with van der Waals surface area (Å²) in [4.78, 5) is 4.23. The molecule has 0 aliphatic carbocycles. The van der Waals surface area contributed by atoms with Gasteiger partial charge >= 0.3 is 0 Å². The Kier molecular flexibility index (Phi) is 7.25. The second-order valence-corrected chi connectivity index (χ2v) is 4.30. The van der Waals surface area contributed by atoms with E-state index in [1.807, 2.05) is 24.3 Å². The molecular weight excluding hydrogens is 266 g/mol. The highest BCUT2D eigenvalue weighted by atomic mass is 35.5. The van der Waals surface area contributed by atoms with Gasteiger partial charge in [-0.05, 0) is 6.07 Å². The molecule has 0 radical (unpaired) electrons. The fourth-order valence-electron chi connectivity index (χ4n) is 1.55. The lowest BCUT2D eigenvalue weighted by atomic mass is 10.1. The molecule has 0 heterocycles. The molecule has 0 aliphatic heterocycles. The average Bonchev–Trinajstić information content (AvgIpc) is 2.41. The third-order valence-corrected chi connectivity index (χ3v) is 2.92. The van der Waals surface area contributed by atoms with Gasteiger partial charge in [-0.15, -0.1) is 0 Å². The van der Waals surface area contributed by atoms with Crippen LogP contribution in [0.5, 0.6) is 0 Å². The summed E-state index contributed by atoms with van der Waals surface area (Å²) in [5.41, 5.74) is 6.63. The van der Waals surface area contributed by atoms with Crippen LogP contribution in [0.3, 0.4) is 0 Å². The minimum absolute atomic E-state index is 0.212. The number of ether oxygens (including phenoxy) is 2. The second kappa shape index (κ2) is 8.74. The quantitative estimate of drug-likeness (QED) is 0.453. The van der Waals surface area contributed by atoms with Gasteiger partial charge in [0.15, 0.2) is 5.96 Å². The van der Waals surface area contributed by atoms with Crippen molar-refractivity contribution in [1.29, 1.82) is 0 Å². The summed E-state index contributed by atoms with van der Waals surface area (Å²) in [5.74, 6) is 0.367. The number of nitrogens with two attached hydrogens (primary N) is 1. The fourth-order valence-corrected chi connectivity index (χ4v) is 1.81. The van der Waals surface area contributed by atoms with Crippen molar-refractivity contribution in [2.75, 3.05) is 33.9 Å². The lowest BCUT2D eigenvalue weighted by Gasteiger charge is -2.15. The van der Waals surface area contributed by atoms with Gasteiger partial charge < -0.3 is 20.5 Å². The lowest BCUT2D eigenvalue weighted by Crippen LogP contribution is -2.34. The average molecular weight is 286 g/mol. The minimum Gasteiger partial charge on any atom is -0.383 e. The van der Waals surface area contributed by atoms with E-state index in [-0.39, 0.29) is 6.10 Å². The van der Waals surface area contributed by atoms with Gasteiger partial charge in [0.1, 0.15) is 6.10 Å². The van der Waals surface area contributed by atoms with Crippen molar-refractivity contribution in [2.24, 2.45) is 10.7 Å². The van der Waals surface area contributed by atoms with Crippen molar-refractivity contribution < 1.29 is 9.47 Å². The van der Waals surface area contributed by atoms with Crippen LogP contribution >= 0.6 is 11.6 Å². The summed E-state index contributed by atoms with van der Waals surface area (Å²) in [6.45, 7) is 1.61. The molecule has 0 aromatic heterocycles. The number of guanidine groups is 1. The predicted molar refractivity (Wildman–Crippen MR) is 77.6 cm³/mol. The van der Waals surface area contributed by atoms with Crippen LogP contribution in [0.15, 0.2) is 29.3 Å². The first kappa shape index (κ1) is 15.8. The van der Waals surface area contributed by atoms with Crippen LogP contribution < -0.4 is 11.1 Å². The summed E-state index contributed by atoms with van der Waals surface area (Å²) in [7, 11) is 3.26. The Balaban J connectivity index is 2.58. The summed E-state index contributed by atoms with van der Waals surface area (Å²) in [6, 6.07) is 7.53. The van der Waals surface area contributed by atoms with E-state index in [1.54, 1.807) is 14.2 Å². The Morgan fingerprint density at radius 3 is 2.79 bits per heavy atom. The molecule has 0 amide bonds. The third kappa shape index (κ3) is 5.46. The lowest BCUT2D eigenvalue weighted by molar-refractivity contribution is 0.111. The van der Waals surface area contributed by atoms with Gasteiger partial charge in [0.2, 0.25) is 0 Å². The first-order chi connectivity index (χ1) is 9.19. The molecule has 1 rings (SSSR count). The highest BCUT2D eigenvalue weighted by molar-refractivity contribution is 6.31. The first-order valence-corrected chi connectivity index (χ1v) is 6.36. The Morgan fingerprint density at radius 2 is 2.16 bits per heavy atom. The molecule has 106 valence electrons. The third-order valence-electron chi connectivity index (χ3n) is 2.58. The Hall–Kier alpha value is -1.30. The summed E-state index contributed by atoms with van der Waals surface area (Å²) >= 11 is 6.12. The fraction of sp³-hybridized carbons (Fsp3) is 0.462. The van der Waals surface area contributed by atoms with Gasteiger partial charge in [-0.2, -0.15) is 0 Å². The normalized spacial score (nSPS) is 13.3. The van der Waals surface area contributed by atoms with Crippen LogP contribution in [0.1, 0.15) is 11.7 Å². The SMILES string of the molecule is COCCNC(N)=NCC(OC)c1ccccc1Cl. The Bertz CT molecular complexity index is 413. The van der Waals surface area contributed by atoms with E-state index in [9.17, 15) is 0 Å². The van der Waals surface area contributed by atoms with E-state index < -0.39 is 0 Å². The van der Waals surface area contributed by atoms with E-state index in [0.717, 1.165) is 5.56 Å². The molecule has 1 aromatic rings. The summed E-state index contributed by atoms with van der Waals surface area (Å²) in [6.07, 6.45) is -0.212. The van der Waals surface area contributed by atoms with E-state index in [2.05, 4.69) is 10.3 Å². The molecule has 0 aliphatic rings. The van der Waals surface area contributed by atoms with Gasteiger partial charge in [0.25, 0.3) is 0 Å². The number of methoxy groups -OCH3 is 2. The van der Waals surface area contributed by atoms with Crippen LogP contribution in [0, 0.1) is 0 Å². The Morgan fingerprint density at radius 1 is 1.42 bits per heavy atom. The standard InChI is InChI=1S/C13H20ClN3O2/c1-18-8-7-16-13(15)17-9-12(19-2)10-5-3-4-6-11(10)14/h3-6,12H,7-9H2,1-2H3,(H3,15,16,17). The molecule has 0 saturated carbocycles. The maximum atomic E-state index is 6.12. The molecule has 19 heavy (non-hydrogen) atoms.